The van der Waals surface area contributed by atoms with E-state index >= 15 is 0 Å². The van der Waals surface area contributed by atoms with Crippen molar-refractivity contribution in [2.24, 2.45) is 0 Å². The van der Waals surface area contributed by atoms with Crippen LogP contribution in [0.1, 0.15) is 36.0 Å². The highest BCUT2D eigenvalue weighted by molar-refractivity contribution is 6.28. The topological polar surface area (TPSA) is 58.2 Å². The van der Waals surface area contributed by atoms with E-state index in [2.05, 4.69) is 17.7 Å². The van der Waals surface area contributed by atoms with E-state index in [0.29, 0.717) is 5.56 Å². The van der Waals surface area contributed by atoms with Crippen LogP contribution in [-0.4, -0.2) is 32.0 Å². The highest BCUT2D eigenvalue weighted by Crippen LogP contribution is 2.32. The molecule has 3 aromatic rings. The van der Waals surface area contributed by atoms with Crippen LogP contribution in [0.2, 0.25) is 0 Å². The fourth-order valence-electron chi connectivity index (χ4n) is 4.74. The number of nitrogens with one attached hydrogen (secondary N) is 2. The third-order valence-electron chi connectivity index (χ3n) is 7.02. The minimum absolute atomic E-state index is 0.208. The van der Waals surface area contributed by atoms with E-state index < -0.39 is 40.9 Å². The van der Waals surface area contributed by atoms with Gasteiger partial charge in [0.25, 0.3) is 11.8 Å². The summed E-state index contributed by atoms with van der Waals surface area (Å²) in [6.45, 7) is 1.94. The fraction of sp³-hybridized carbons (Fsp3) is 0.267. The molecule has 2 N–H and O–H groups in total. The standard InChI is InChI=1S/C30H27F6N3O2/c1-39(15-3-2-4-16-39)25-13-11-20(12-14-25)17-26(27(40)37-23-9-5-7-21(18-23)29(31,32)33)28(41)38-24-10-6-8-22(19-24)30(34,35)36/h5-14,17-19H,2-4,15-16H2,1H3,(H-,37,38,40,41)/p+1. The van der Waals surface area contributed by atoms with Crippen molar-refractivity contribution in [3.63, 3.8) is 0 Å². The number of rotatable bonds is 6. The molecule has 1 aliphatic heterocycles. The minimum Gasteiger partial charge on any atom is -0.322 e. The largest absolute Gasteiger partial charge is 0.416 e. The lowest BCUT2D eigenvalue weighted by Crippen LogP contribution is -2.48. The van der Waals surface area contributed by atoms with Gasteiger partial charge < -0.3 is 10.6 Å². The number of hydrogen-bond acceptors (Lipinski definition) is 2. The van der Waals surface area contributed by atoms with Gasteiger partial charge in [-0.15, -0.1) is 0 Å². The number of carbonyl (C=O) groups excluding carboxylic acids is 2. The Bertz CT molecular complexity index is 1370. The van der Waals surface area contributed by atoms with Crippen LogP contribution in [0.5, 0.6) is 0 Å². The molecule has 0 unspecified atom stereocenters. The highest BCUT2D eigenvalue weighted by Gasteiger charge is 2.32. The molecule has 1 saturated heterocycles. The van der Waals surface area contributed by atoms with Gasteiger partial charge in [0.05, 0.1) is 31.3 Å². The third-order valence-corrected chi connectivity index (χ3v) is 7.02. The van der Waals surface area contributed by atoms with Gasteiger partial charge in [-0.3, -0.25) is 14.1 Å². The summed E-state index contributed by atoms with van der Waals surface area (Å²) in [5.74, 6) is -2.07. The fourth-order valence-corrected chi connectivity index (χ4v) is 4.74. The van der Waals surface area contributed by atoms with Crippen LogP contribution in [-0.2, 0) is 21.9 Å². The SMILES string of the molecule is C[N+]1(c2ccc(C=C(C(=O)Nc3cccc(C(F)(F)F)c3)C(=O)Nc3cccc(C(F)(F)F)c3)cc2)CCCCC1. The second kappa shape index (κ2) is 11.8. The number of piperidine rings is 1. The summed E-state index contributed by atoms with van der Waals surface area (Å²) in [5.41, 5.74) is -1.43. The van der Waals surface area contributed by atoms with E-state index in [0.717, 1.165) is 72.5 Å². The molecule has 0 radical (unpaired) electrons. The normalized spacial score (nSPS) is 15.1. The molecule has 0 bridgehead atoms. The zero-order chi connectivity index (χ0) is 29.8. The molecule has 1 fully saturated rings. The van der Waals surface area contributed by atoms with E-state index in [9.17, 15) is 35.9 Å². The summed E-state index contributed by atoms with van der Waals surface area (Å²) in [5, 5.41) is 4.59. The lowest BCUT2D eigenvalue weighted by atomic mass is 10.0. The van der Waals surface area contributed by atoms with Crippen molar-refractivity contribution in [1.82, 2.24) is 4.48 Å². The Morgan fingerprint density at radius 1 is 0.707 bits per heavy atom. The number of amides is 2. The van der Waals surface area contributed by atoms with Gasteiger partial charge in [-0.25, -0.2) is 0 Å². The number of hydrogen-bond donors (Lipinski definition) is 2. The maximum atomic E-state index is 13.2. The molecule has 0 saturated carbocycles. The summed E-state index contributed by atoms with van der Waals surface area (Å²) in [7, 11) is 2.13. The zero-order valence-corrected chi connectivity index (χ0v) is 22.1. The third kappa shape index (κ3) is 7.55. The van der Waals surface area contributed by atoms with Crippen LogP contribution in [0.25, 0.3) is 6.08 Å². The Labute approximate surface area is 233 Å². The van der Waals surface area contributed by atoms with Crippen molar-refractivity contribution in [1.29, 1.82) is 0 Å². The second-order valence-corrected chi connectivity index (χ2v) is 10.1. The maximum Gasteiger partial charge on any atom is 0.416 e. The summed E-state index contributed by atoms with van der Waals surface area (Å²) in [6, 6.07) is 15.0. The molecule has 0 aromatic heterocycles. The summed E-state index contributed by atoms with van der Waals surface area (Å²) >= 11 is 0. The number of benzene rings is 3. The molecule has 0 spiro atoms. The van der Waals surface area contributed by atoms with Gasteiger partial charge in [0.1, 0.15) is 11.3 Å². The van der Waals surface area contributed by atoms with E-state index in [-0.39, 0.29) is 11.4 Å². The quantitative estimate of drug-likeness (QED) is 0.105. The van der Waals surface area contributed by atoms with Crippen LogP contribution in [0.4, 0.5) is 43.4 Å². The van der Waals surface area contributed by atoms with Gasteiger partial charge in [0.2, 0.25) is 0 Å². The Balaban J connectivity index is 1.65. The Morgan fingerprint density at radius 3 is 1.61 bits per heavy atom. The van der Waals surface area contributed by atoms with Crippen LogP contribution in [0.3, 0.4) is 0 Å². The van der Waals surface area contributed by atoms with Crippen molar-refractivity contribution in [3.05, 3.63) is 95.1 Å². The molecule has 11 heteroatoms. The van der Waals surface area contributed by atoms with Crippen LogP contribution >= 0.6 is 0 Å². The number of carbonyl (C=O) groups is 2. The Morgan fingerprint density at radius 2 is 1.17 bits per heavy atom. The average Bonchev–Trinajstić information content (AvgIpc) is 2.91. The number of halogens is 6. The van der Waals surface area contributed by atoms with Gasteiger partial charge in [-0.1, -0.05) is 12.1 Å². The Kier molecular flexibility index (Phi) is 8.58. The number of alkyl halides is 6. The van der Waals surface area contributed by atoms with E-state index in [4.69, 9.17) is 0 Å². The Hall–Kier alpha value is -4.12. The molecule has 4 rings (SSSR count). The lowest BCUT2D eigenvalue weighted by molar-refractivity contribution is -0.138. The molecule has 2 amide bonds. The van der Waals surface area contributed by atoms with Crippen molar-refractivity contribution >= 4 is 35.0 Å². The summed E-state index contributed by atoms with van der Waals surface area (Å²) in [4.78, 5) is 26.4. The van der Waals surface area contributed by atoms with E-state index in [1.165, 1.54) is 24.6 Å². The second-order valence-electron chi connectivity index (χ2n) is 10.1. The predicted molar refractivity (Wildman–Crippen MR) is 146 cm³/mol. The molecule has 216 valence electrons. The van der Waals surface area contributed by atoms with Gasteiger partial charge >= 0.3 is 12.4 Å². The number of quaternary nitrogens is 1. The van der Waals surface area contributed by atoms with Crippen LogP contribution in [0.15, 0.2) is 78.4 Å². The lowest BCUT2D eigenvalue weighted by Gasteiger charge is -2.37. The molecule has 0 atom stereocenters. The smallest absolute Gasteiger partial charge is 0.322 e. The molecule has 0 aliphatic carbocycles. The van der Waals surface area contributed by atoms with Crippen molar-refractivity contribution < 1.29 is 35.9 Å². The first-order valence-corrected chi connectivity index (χ1v) is 12.9. The van der Waals surface area contributed by atoms with Gasteiger partial charge in [0, 0.05) is 11.4 Å². The van der Waals surface area contributed by atoms with E-state index in [1.54, 1.807) is 12.1 Å². The molecule has 1 aliphatic rings. The predicted octanol–water partition coefficient (Wildman–Crippen LogP) is 7.51. The van der Waals surface area contributed by atoms with Crippen LogP contribution in [0, 0.1) is 0 Å². The molecule has 1 heterocycles. The molecular weight excluding hydrogens is 548 g/mol. The number of likely N-dealkylation sites (tertiary alicyclic amines) is 1. The summed E-state index contributed by atoms with van der Waals surface area (Å²) < 4.78 is 79.7. The van der Waals surface area contributed by atoms with Gasteiger partial charge in [0.15, 0.2) is 0 Å². The van der Waals surface area contributed by atoms with Crippen LogP contribution < -0.4 is 15.1 Å². The molecule has 5 nitrogen and oxygen atoms in total. The highest BCUT2D eigenvalue weighted by atomic mass is 19.4. The van der Waals surface area contributed by atoms with Gasteiger partial charge in [-0.2, -0.15) is 26.3 Å². The minimum atomic E-state index is -4.66. The average molecular weight is 577 g/mol. The molecule has 3 aromatic carbocycles. The molecule has 41 heavy (non-hydrogen) atoms. The summed E-state index contributed by atoms with van der Waals surface area (Å²) in [6.07, 6.45) is -4.72. The number of anilines is 2. The van der Waals surface area contributed by atoms with Crippen molar-refractivity contribution in [2.75, 3.05) is 30.8 Å². The first kappa shape index (κ1) is 29.9. The monoisotopic (exact) mass is 576 g/mol. The van der Waals surface area contributed by atoms with Gasteiger partial charge in [-0.05, 0) is 91.6 Å². The van der Waals surface area contributed by atoms with Crippen molar-refractivity contribution in [3.8, 4) is 0 Å². The molecular formula is C30H28F6N3O2+. The first-order valence-electron chi connectivity index (χ1n) is 12.9. The number of nitrogens with zero attached hydrogens (tertiary/aromatic N) is 1. The first-order chi connectivity index (χ1) is 19.2. The zero-order valence-electron chi connectivity index (χ0n) is 22.1. The van der Waals surface area contributed by atoms with E-state index in [1.807, 2.05) is 12.1 Å². The van der Waals surface area contributed by atoms with Crippen molar-refractivity contribution in [2.45, 2.75) is 31.6 Å². The maximum absolute atomic E-state index is 13.2.